The van der Waals surface area contributed by atoms with Crippen LogP contribution in [0.15, 0.2) is 76.3 Å². The molecule has 0 aliphatic heterocycles. The van der Waals surface area contributed by atoms with E-state index in [1.165, 1.54) is 18.2 Å². The van der Waals surface area contributed by atoms with Gasteiger partial charge in [0, 0.05) is 32.7 Å². The molecular formula is C41H42N4O5. The van der Waals surface area contributed by atoms with E-state index in [2.05, 4.69) is 15.6 Å². The lowest BCUT2D eigenvalue weighted by molar-refractivity contribution is 0.0696. The van der Waals surface area contributed by atoms with Gasteiger partial charge in [-0.05, 0) is 68.9 Å². The smallest absolute Gasteiger partial charge is 0.336 e. The van der Waals surface area contributed by atoms with Crippen LogP contribution in [0.4, 0.5) is 0 Å². The van der Waals surface area contributed by atoms with Crippen LogP contribution in [0.5, 0.6) is 0 Å². The minimum Gasteiger partial charge on any atom is -0.478 e. The van der Waals surface area contributed by atoms with Crippen LogP contribution in [-0.2, 0) is 11.1 Å². The zero-order chi connectivity index (χ0) is 35.2. The number of carbonyl (C=O) groups excluding carboxylic acids is 1. The van der Waals surface area contributed by atoms with E-state index < -0.39 is 34.1 Å². The van der Waals surface area contributed by atoms with Crippen molar-refractivity contribution in [3.63, 3.8) is 0 Å². The summed E-state index contributed by atoms with van der Waals surface area (Å²) in [5, 5.41) is 27.4. The summed E-state index contributed by atoms with van der Waals surface area (Å²) >= 11 is 0. The van der Waals surface area contributed by atoms with Crippen molar-refractivity contribution >= 4 is 39.3 Å². The summed E-state index contributed by atoms with van der Waals surface area (Å²) in [5.74, 6) is -2.05. The first-order valence-electron chi connectivity index (χ1n) is 17.6. The number of amides is 1. The Hall–Kier alpha value is -5.31. The topological polar surface area (TPSA) is 152 Å². The maximum Gasteiger partial charge on any atom is 0.336 e. The lowest BCUT2D eigenvalue weighted by atomic mass is 9.75. The molecule has 256 valence electrons. The molecule has 0 spiro atoms. The molecule has 4 aromatic carbocycles. The molecule has 5 N–H and O–H groups in total. The third-order valence-electron chi connectivity index (χ3n) is 11.1. The Morgan fingerprint density at radius 3 is 1.60 bits per heavy atom. The van der Waals surface area contributed by atoms with Crippen LogP contribution in [0.1, 0.15) is 113 Å². The molecule has 2 saturated carbocycles. The summed E-state index contributed by atoms with van der Waals surface area (Å²) < 4.78 is 0. The van der Waals surface area contributed by atoms with Crippen molar-refractivity contribution in [2.45, 2.75) is 89.1 Å². The van der Waals surface area contributed by atoms with Crippen LogP contribution in [0, 0.1) is 19.3 Å². The van der Waals surface area contributed by atoms with Crippen molar-refractivity contribution in [3.05, 3.63) is 126 Å². The van der Waals surface area contributed by atoms with Gasteiger partial charge >= 0.3 is 5.97 Å². The van der Waals surface area contributed by atoms with Gasteiger partial charge in [-0.3, -0.25) is 24.8 Å². The Kier molecular flexibility index (Phi) is 8.54. The zero-order valence-electron chi connectivity index (χ0n) is 28.5. The van der Waals surface area contributed by atoms with E-state index in [0.29, 0.717) is 12.8 Å². The normalized spacial score (nSPS) is 17.0. The SMILES string of the molecule is Cc1ccc(C2(NC(=N)c3c(C(=O)O)cc(C(=O)NC4(c5ccc(C)cc5)CCCCC4)c4c5ccc(c(=O)[nH]c5=O)c34)CCCCC2)cc1. The fourth-order valence-corrected chi connectivity index (χ4v) is 8.40. The minimum atomic E-state index is -1.34. The second kappa shape index (κ2) is 12.9. The first kappa shape index (κ1) is 33.2. The van der Waals surface area contributed by atoms with Gasteiger partial charge in [-0.15, -0.1) is 0 Å². The van der Waals surface area contributed by atoms with Crippen molar-refractivity contribution in [3.8, 4) is 0 Å². The average molecular weight is 671 g/mol. The molecule has 9 nitrogen and oxygen atoms in total. The van der Waals surface area contributed by atoms with E-state index in [0.717, 1.165) is 73.6 Å². The molecule has 6 aromatic rings. The van der Waals surface area contributed by atoms with Gasteiger partial charge in [0.05, 0.1) is 16.6 Å². The summed E-state index contributed by atoms with van der Waals surface area (Å²) in [6.45, 7) is 4.02. The molecule has 2 aliphatic carbocycles. The summed E-state index contributed by atoms with van der Waals surface area (Å²) in [6, 6.07) is 20.5. The molecule has 8 rings (SSSR count). The number of nitrogens with one attached hydrogen (secondary N) is 4. The number of carboxylic acids is 1. The standard InChI is InChI=1S/C41H42N4O5/c1-24-9-13-26(14-10-24)40(19-5-3-6-20-40)44-35(42)34-31(39(49)50)23-30(32-28-17-18-29(33(32)34)37(47)43-36(28)46)38(48)45-41(21-7-4-8-22-41)27-15-11-25(2)12-16-27/h9-18,23H,3-8,19-22H2,1-2H3,(H2,42,44)(H,45,48)(H,49,50)(H,43,46,47). The van der Waals surface area contributed by atoms with Crippen LogP contribution in [0.3, 0.4) is 0 Å². The average Bonchev–Trinajstić information content (AvgIpc) is 3.31. The predicted octanol–water partition coefficient (Wildman–Crippen LogP) is 7.16. The van der Waals surface area contributed by atoms with Crippen molar-refractivity contribution in [1.82, 2.24) is 15.6 Å². The van der Waals surface area contributed by atoms with E-state index in [1.54, 1.807) is 0 Å². The molecule has 0 radical (unpaired) electrons. The Bertz CT molecular complexity index is 2240. The summed E-state index contributed by atoms with van der Waals surface area (Å²) in [4.78, 5) is 57.1. The Morgan fingerprint density at radius 2 is 1.12 bits per heavy atom. The van der Waals surface area contributed by atoms with Gasteiger partial charge in [0.15, 0.2) is 0 Å². The predicted molar refractivity (Wildman–Crippen MR) is 196 cm³/mol. The maximum atomic E-state index is 14.6. The molecule has 2 bridgehead atoms. The van der Waals surface area contributed by atoms with Crippen molar-refractivity contribution in [2.75, 3.05) is 0 Å². The number of hydrogen-bond acceptors (Lipinski definition) is 5. The number of rotatable bonds is 7. The highest BCUT2D eigenvalue weighted by Crippen LogP contribution is 2.41. The fraction of sp³-hybridized carbons (Fsp3) is 0.341. The number of benzene rings is 4. The van der Waals surface area contributed by atoms with Gasteiger partial charge in [-0.1, -0.05) is 98.2 Å². The number of aromatic amines is 1. The maximum absolute atomic E-state index is 14.6. The molecule has 1 amide bonds. The van der Waals surface area contributed by atoms with Gasteiger partial charge in [0.2, 0.25) is 0 Å². The van der Waals surface area contributed by atoms with Gasteiger partial charge < -0.3 is 15.7 Å². The van der Waals surface area contributed by atoms with Gasteiger partial charge in [0.1, 0.15) is 5.84 Å². The second-order valence-electron chi connectivity index (χ2n) is 14.3. The van der Waals surface area contributed by atoms with Gasteiger partial charge in [-0.25, -0.2) is 4.79 Å². The number of aryl methyl sites for hydroxylation is 2. The lowest BCUT2D eigenvalue weighted by Gasteiger charge is -2.40. The van der Waals surface area contributed by atoms with Crippen LogP contribution >= 0.6 is 0 Å². The third-order valence-corrected chi connectivity index (χ3v) is 11.1. The highest BCUT2D eigenvalue weighted by atomic mass is 16.4. The van der Waals surface area contributed by atoms with Crippen LogP contribution in [0.25, 0.3) is 21.5 Å². The molecule has 2 heterocycles. The first-order valence-corrected chi connectivity index (χ1v) is 17.6. The first-order chi connectivity index (χ1) is 24.0. The Labute approximate surface area is 290 Å². The van der Waals surface area contributed by atoms with Crippen LogP contribution in [-0.4, -0.2) is 27.8 Å². The van der Waals surface area contributed by atoms with Gasteiger partial charge in [0.25, 0.3) is 17.0 Å². The Morgan fingerprint density at radius 1 is 0.660 bits per heavy atom. The van der Waals surface area contributed by atoms with E-state index in [-0.39, 0.29) is 44.1 Å². The molecule has 50 heavy (non-hydrogen) atoms. The van der Waals surface area contributed by atoms with Crippen LogP contribution in [0.2, 0.25) is 0 Å². The second-order valence-corrected chi connectivity index (χ2v) is 14.3. The summed E-state index contributed by atoms with van der Waals surface area (Å²) in [5.41, 5.74) is 1.11. The van der Waals surface area contributed by atoms with Crippen molar-refractivity contribution in [2.24, 2.45) is 0 Å². The van der Waals surface area contributed by atoms with Crippen molar-refractivity contribution in [1.29, 1.82) is 5.41 Å². The van der Waals surface area contributed by atoms with Gasteiger partial charge in [-0.2, -0.15) is 0 Å². The number of carbonyl (C=O) groups is 2. The number of fused-ring (bicyclic) bond motifs is 3. The quantitative estimate of drug-likeness (QED) is 0.0916. The largest absolute Gasteiger partial charge is 0.478 e. The molecule has 0 saturated heterocycles. The number of amidine groups is 1. The zero-order valence-corrected chi connectivity index (χ0v) is 28.5. The summed E-state index contributed by atoms with van der Waals surface area (Å²) in [7, 11) is 0. The highest BCUT2D eigenvalue weighted by Gasteiger charge is 2.39. The van der Waals surface area contributed by atoms with E-state index in [9.17, 15) is 29.7 Å². The molecule has 0 atom stereocenters. The molecule has 2 fully saturated rings. The highest BCUT2D eigenvalue weighted by molar-refractivity contribution is 6.27. The van der Waals surface area contributed by atoms with Crippen molar-refractivity contribution < 1.29 is 14.7 Å². The molecule has 2 aromatic heterocycles. The molecular weight excluding hydrogens is 628 g/mol. The lowest BCUT2D eigenvalue weighted by Crippen LogP contribution is -2.48. The summed E-state index contributed by atoms with van der Waals surface area (Å²) in [6.07, 6.45) is 8.64. The number of aromatic carboxylic acids is 1. The van der Waals surface area contributed by atoms with Crippen LogP contribution < -0.4 is 21.8 Å². The third kappa shape index (κ3) is 5.74. The monoisotopic (exact) mass is 670 g/mol. The molecule has 2 aliphatic rings. The van der Waals surface area contributed by atoms with E-state index in [4.69, 9.17) is 0 Å². The number of hydrogen-bond donors (Lipinski definition) is 5. The Balaban J connectivity index is 1.43. The number of H-pyrrole nitrogens is 1. The minimum absolute atomic E-state index is 0.0152. The number of carboxylic acid groups (broad SMARTS) is 1. The fourth-order valence-electron chi connectivity index (χ4n) is 8.40. The van der Waals surface area contributed by atoms with E-state index in [1.807, 2.05) is 62.4 Å². The molecule has 0 unspecified atom stereocenters. The van der Waals surface area contributed by atoms with E-state index >= 15 is 0 Å². The number of aromatic nitrogens is 1. The molecule has 9 heteroatoms.